The molecule has 3 N–H and O–H groups in total. The van der Waals surface area contributed by atoms with Crippen LogP contribution >= 0.6 is 11.6 Å². The van der Waals surface area contributed by atoms with Crippen LogP contribution in [0.3, 0.4) is 0 Å². The second kappa shape index (κ2) is 2.99. The minimum Gasteiger partial charge on any atom is -0.352 e. The van der Waals surface area contributed by atoms with Crippen LogP contribution in [0.2, 0.25) is 5.15 Å². The van der Waals surface area contributed by atoms with Gasteiger partial charge in [0, 0.05) is 6.20 Å². The summed E-state index contributed by atoms with van der Waals surface area (Å²) in [6, 6.07) is -0.819. The Morgan fingerprint density at radius 1 is 1.50 bits per heavy atom. The lowest BCUT2D eigenvalue weighted by Crippen LogP contribution is -2.27. The highest BCUT2D eigenvalue weighted by molar-refractivity contribution is 6.29. The summed E-state index contributed by atoms with van der Waals surface area (Å²) in [6.45, 7) is 0. The molecule has 0 spiro atoms. The van der Waals surface area contributed by atoms with E-state index in [1.807, 2.05) is 0 Å². The van der Waals surface area contributed by atoms with Crippen molar-refractivity contribution in [1.82, 2.24) is 4.98 Å². The van der Waals surface area contributed by atoms with E-state index in [1.165, 1.54) is 0 Å². The zero-order valence-corrected chi connectivity index (χ0v) is 6.58. The first-order valence-electron chi connectivity index (χ1n) is 3.07. The molecule has 0 aromatic carbocycles. The van der Waals surface area contributed by atoms with E-state index < -0.39 is 12.2 Å². The minimum absolute atomic E-state index is 0.0625. The number of halogens is 4. The first-order valence-corrected chi connectivity index (χ1v) is 3.45. The van der Waals surface area contributed by atoms with Gasteiger partial charge in [0.15, 0.2) is 0 Å². The molecule has 0 unspecified atom stereocenters. The van der Waals surface area contributed by atoms with Gasteiger partial charge in [-0.15, -0.1) is 0 Å². The second-order valence-corrected chi connectivity index (χ2v) is 2.71. The normalized spacial score (nSPS) is 14.8. The maximum atomic E-state index is 12.0. The van der Waals surface area contributed by atoms with Crippen molar-refractivity contribution in [2.45, 2.75) is 12.2 Å². The number of aromatic nitrogens is 1. The molecule has 0 saturated carbocycles. The van der Waals surface area contributed by atoms with Gasteiger partial charge in [0.1, 0.15) is 11.2 Å². The van der Waals surface area contributed by atoms with Crippen LogP contribution in [-0.2, 0) is 0 Å². The number of H-pyrrole nitrogens is 1. The van der Waals surface area contributed by atoms with E-state index in [0.29, 0.717) is 0 Å². The molecular formula is C6H6ClF3N2. The van der Waals surface area contributed by atoms with Crippen LogP contribution in [0.15, 0.2) is 12.3 Å². The number of nitrogens with two attached hydrogens (primary N) is 1. The van der Waals surface area contributed by atoms with E-state index in [4.69, 9.17) is 17.3 Å². The molecule has 12 heavy (non-hydrogen) atoms. The minimum atomic E-state index is -4.43. The Morgan fingerprint density at radius 3 is 2.42 bits per heavy atom. The van der Waals surface area contributed by atoms with Crippen molar-refractivity contribution in [2.24, 2.45) is 5.73 Å². The van der Waals surface area contributed by atoms with Crippen molar-refractivity contribution in [3.8, 4) is 0 Å². The number of rotatable bonds is 1. The summed E-state index contributed by atoms with van der Waals surface area (Å²) in [7, 11) is 0. The topological polar surface area (TPSA) is 41.8 Å². The Labute approximate surface area is 71.5 Å². The summed E-state index contributed by atoms with van der Waals surface area (Å²) in [6.07, 6.45) is -3.29. The molecular weight excluding hydrogens is 193 g/mol. The molecule has 0 amide bonds. The molecule has 1 atom stereocenters. The Balaban J connectivity index is 2.85. The molecule has 6 heteroatoms. The summed E-state index contributed by atoms with van der Waals surface area (Å²) in [5.74, 6) is 0. The molecule has 2 nitrogen and oxygen atoms in total. The molecule has 0 aliphatic heterocycles. The molecule has 0 radical (unpaired) electrons. The highest BCUT2D eigenvalue weighted by Gasteiger charge is 2.38. The van der Waals surface area contributed by atoms with Crippen LogP contribution in [0.25, 0.3) is 0 Å². The molecule has 0 saturated heterocycles. The fourth-order valence-corrected chi connectivity index (χ4v) is 0.931. The van der Waals surface area contributed by atoms with Gasteiger partial charge >= 0.3 is 6.18 Å². The quantitative estimate of drug-likeness (QED) is 0.714. The van der Waals surface area contributed by atoms with Crippen LogP contribution in [0.4, 0.5) is 13.2 Å². The summed E-state index contributed by atoms with van der Waals surface area (Å²) >= 11 is 5.38. The molecule has 68 valence electrons. The van der Waals surface area contributed by atoms with E-state index >= 15 is 0 Å². The number of aromatic amines is 1. The van der Waals surface area contributed by atoms with Crippen LogP contribution in [-0.4, -0.2) is 11.2 Å². The first-order chi connectivity index (χ1) is 5.41. The molecule has 0 aliphatic rings. The first kappa shape index (κ1) is 9.41. The lowest BCUT2D eigenvalue weighted by molar-refractivity contribution is -0.149. The van der Waals surface area contributed by atoms with E-state index in [9.17, 15) is 13.2 Å². The lowest BCUT2D eigenvalue weighted by atomic mass is 10.1. The van der Waals surface area contributed by atoms with Crippen molar-refractivity contribution in [3.05, 3.63) is 23.0 Å². The van der Waals surface area contributed by atoms with E-state index in [-0.39, 0.29) is 10.7 Å². The van der Waals surface area contributed by atoms with Gasteiger partial charge in [-0.25, -0.2) is 0 Å². The zero-order chi connectivity index (χ0) is 9.35. The van der Waals surface area contributed by atoms with Crippen molar-refractivity contribution in [1.29, 1.82) is 0 Å². The molecule has 0 aliphatic carbocycles. The highest BCUT2D eigenvalue weighted by atomic mass is 35.5. The van der Waals surface area contributed by atoms with Gasteiger partial charge in [-0.2, -0.15) is 13.2 Å². The van der Waals surface area contributed by atoms with Gasteiger partial charge in [-0.1, -0.05) is 11.6 Å². The van der Waals surface area contributed by atoms with Crippen LogP contribution < -0.4 is 5.73 Å². The lowest BCUT2D eigenvalue weighted by Gasteiger charge is -2.13. The molecule has 0 fully saturated rings. The van der Waals surface area contributed by atoms with Crippen molar-refractivity contribution < 1.29 is 13.2 Å². The van der Waals surface area contributed by atoms with Crippen molar-refractivity contribution in [2.75, 3.05) is 0 Å². The Kier molecular flexibility index (Phi) is 2.34. The van der Waals surface area contributed by atoms with Crippen LogP contribution in [0.1, 0.15) is 11.6 Å². The largest absolute Gasteiger partial charge is 0.407 e. The number of hydrogen-bond donors (Lipinski definition) is 2. The number of alkyl halides is 3. The van der Waals surface area contributed by atoms with Gasteiger partial charge in [-0.05, 0) is 11.6 Å². The molecule has 1 heterocycles. The maximum absolute atomic E-state index is 12.0. The van der Waals surface area contributed by atoms with Gasteiger partial charge in [0.25, 0.3) is 0 Å². The van der Waals surface area contributed by atoms with Gasteiger partial charge < -0.3 is 10.7 Å². The average Bonchev–Trinajstić information content (AvgIpc) is 2.32. The van der Waals surface area contributed by atoms with E-state index in [1.54, 1.807) is 0 Å². The predicted octanol–water partition coefficient (Wildman–Crippen LogP) is 2.23. The smallest absolute Gasteiger partial charge is 0.352 e. The van der Waals surface area contributed by atoms with E-state index in [2.05, 4.69) is 4.98 Å². The Bertz CT molecular complexity index is 268. The van der Waals surface area contributed by atoms with Gasteiger partial charge in [-0.3, -0.25) is 0 Å². The fourth-order valence-electron chi connectivity index (χ4n) is 0.750. The third-order valence-corrected chi connectivity index (χ3v) is 1.60. The predicted molar refractivity (Wildman–Crippen MR) is 38.8 cm³/mol. The summed E-state index contributed by atoms with van der Waals surface area (Å²) in [4.78, 5) is 2.41. The standard InChI is InChI=1S/C6H6ClF3N2/c7-4-1-3(2-12-4)5(11)6(8,9)10/h1-2,5,12H,11H2/t5-/m1/s1. The zero-order valence-electron chi connectivity index (χ0n) is 5.82. The van der Waals surface area contributed by atoms with Crippen molar-refractivity contribution in [3.63, 3.8) is 0 Å². The molecule has 0 bridgehead atoms. The third-order valence-electron chi connectivity index (χ3n) is 1.38. The van der Waals surface area contributed by atoms with Crippen molar-refractivity contribution >= 4 is 11.6 Å². The van der Waals surface area contributed by atoms with E-state index in [0.717, 1.165) is 12.3 Å². The van der Waals surface area contributed by atoms with Crippen LogP contribution in [0, 0.1) is 0 Å². The van der Waals surface area contributed by atoms with Gasteiger partial charge in [0.05, 0.1) is 0 Å². The van der Waals surface area contributed by atoms with Crippen LogP contribution in [0.5, 0.6) is 0 Å². The summed E-state index contributed by atoms with van der Waals surface area (Å²) in [5, 5.41) is 0.143. The number of hydrogen-bond acceptors (Lipinski definition) is 1. The average molecular weight is 199 g/mol. The molecule has 1 aromatic heterocycles. The molecule has 1 aromatic rings. The third kappa shape index (κ3) is 1.92. The highest BCUT2D eigenvalue weighted by Crippen LogP contribution is 2.31. The second-order valence-electron chi connectivity index (χ2n) is 2.30. The monoisotopic (exact) mass is 198 g/mol. The number of nitrogens with one attached hydrogen (secondary N) is 1. The summed E-state index contributed by atoms with van der Waals surface area (Å²) in [5.41, 5.74) is 4.82. The Hall–Kier alpha value is -0.680. The maximum Gasteiger partial charge on any atom is 0.407 e. The SMILES string of the molecule is N[C@H](c1c[nH]c(Cl)c1)C(F)(F)F. The summed E-state index contributed by atoms with van der Waals surface area (Å²) < 4.78 is 35.9. The van der Waals surface area contributed by atoms with Gasteiger partial charge in [0.2, 0.25) is 0 Å². The molecule has 1 rings (SSSR count). The fraction of sp³-hybridized carbons (Fsp3) is 0.333. The Morgan fingerprint density at radius 2 is 2.08 bits per heavy atom.